The van der Waals surface area contributed by atoms with Crippen molar-refractivity contribution in [1.82, 2.24) is 9.97 Å². The lowest BCUT2D eigenvalue weighted by atomic mass is 9.92. The highest BCUT2D eigenvalue weighted by molar-refractivity contribution is 6.35. The predicted octanol–water partition coefficient (Wildman–Crippen LogP) is 3.88. The fraction of sp³-hybridized carbons (Fsp3) is 0.100. The molecule has 2 amide bonds. The van der Waals surface area contributed by atoms with E-state index in [1.54, 1.807) is 12.1 Å². The SMILES string of the molecule is O=C1CC(C(=O)Nc2cc(Cl)cc(Cl)c2)c2c(nc(Nc3ccccc3)[nH]c2=O)N1. The van der Waals surface area contributed by atoms with Crippen molar-refractivity contribution in [3.05, 3.63) is 74.5 Å². The van der Waals surface area contributed by atoms with Crippen LogP contribution >= 0.6 is 23.2 Å². The summed E-state index contributed by atoms with van der Waals surface area (Å²) in [6, 6.07) is 13.7. The summed E-state index contributed by atoms with van der Waals surface area (Å²) in [5.74, 6) is -1.80. The molecule has 0 aliphatic carbocycles. The molecule has 8 nitrogen and oxygen atoms in total. The van der Waals surface area contributed by atoms with E-state index >= 15 is 0 Å². The third kappa shape index (κ3) is 4.29. The molecule has 1 aliphatic rings. The summed E-state index contributed by atoms with van der Waals surface area (Å²) in [7, 11) is 0. The van der Waals surface area contributed by atoms with Crippen molar-refractivity contribution in [3.63, 3.8) is 0 Å². The second-order valence-electron chi connectivity index (χ2n) is 6.62. The minimum Gasteiger partial charge on any atom is -0.326 e. The van der Waals surface area contributed by atoms with Crippen molar-refractivity contribution in [2.45, 2.75) is 12.3 Å². The molecule has 3 aromatic rings. The molecular weight excluding hydrogens is 429 g/mol. The number of anilines is 4. The van der Waals surface area contributed by atoms with Gasteiger partial charge in [0.15, 0.2) is 0 Å². The van der Waals surface area contributed by atoms with E-state index in [2.05, 4.69) is 25.9 Å². The smallest absolute Gasteiger partial charge is 0.258 e. The number of nitrogens with one attached hydrogen (secondary N) is 4. The van der Waals surface area contributed by atoms with Gasteiger partial charge in [-0.25, -0.2) is 0 Å². The number of carbonyl (C=O) groups is 2. The number of hydrogen-bond acceptors (Lipinski definition) is 5. The van der Waals surface area contributed by atoms with Gasteiger partial charge in [-0.05, 0) is 30.3 Å². The summed E-state index contributed by atoms with van der Waals surface area (Å²) in [6.07, 6.45) is -0.191. The Kier molecular flexibility index (Phi) is 5.43. The largest absolute Gasteiger partial charge is 0.326 e. The van der Waals surface area contributed by atoms with E-state index in [-0.39, 0.29) is 23.8 Å². The van der Waals surface area contributed by atoms with Gasteiger partial charge < -0.3 is 16.0 Å². The fourth-order valence-corrected chi connectivity index (χ4v) is 3.69. The van der Waals surface area contributed by atoms with Crippen LogP contribution in [0.5, 0.6) is 0 Å². The van der Waals surface area contributed by atoms with Gasteiger partial charge in [-0.2, -0.15) is 4.98 Å². The maximum Gasteiger partial charge on any atom is 0.258 e. The molecular formula is C20H15Cl2N5O3. The molecule has 10 heteroatoms. The van der Waals surface area contributed by atoms with Crippen LogP contribution in [0.2, 0.25) is 10.0 Å². The molecule has 0 fully saturated rings. The van der Waals surface area contributed by atoms with E-state index in [1.807, 2.05) is 18.2 Å². The summed E-state index contributed by atoms with van der Waals surface area (Å²) in [5.41, 5.74) is 0.619. The molecule has 0 saturated heterocycles. The summed E-state index contributed by atoms with van der Waals surface area (Å²) in [6.45, 7) is 0. The van der Waals surface area contributed by atoms with Crippen LogP contribution < -0.4 is 21.5 Å². The number of para-hydroxylation sites is 1. The molecule has 1 atom stereocenters. The number of amides is 2. The first kappa shape index (κ1) is 19.9. The number of aromatic amines is 1. The Morgan fingerprint density at radius 3 is 2.43 bits per heavy atom. The van der Waals surface area contributed by atoms with E-state index in [0.717, 1.165) is 0 Å². The Morgan fingerprint density at radius 1 is 1.03 bits per heavy atom. The van der Waals surface area contributed by atoms with E-state index in [1.165, 1.54) is 18.2 Å². The molecule has 2 heterocycles. The Labute approximate surface area is 180 Å². The van der Waals surface area contributed by atoms with Crippen molar-refractivity contribution >= 4 is 58.2 Å². The van der Waals surface area contributed by atoms with Gasteiger partial charge >= 0.3 is 0 Å². The lowest BCUT2D eigenvalue weighted by Gasteiger charge is -2.23. The van der Waals surface area contributed by atoms with Crippen molar-refractivity contribution in [3.8, 4) is 0 Å². The van der Waals surface area contributed by atoms with Crippen LogP contribution in [0.25, 0.3) is 0 Å². The number of fused-ring (bicyclic) bond motifs is 1. The summed E-state index contributed by atoms with van der Waals surface area (Å²) < 4.78 is 0. The molecule has 30 heavy (non-hydrogen) atoms. The highest BCUT2D eigenvalue weighted by Gasteiger charge is 2.34. The molecule has 2 aromatic carbocycles. The number of aromatic nitrogens is 2. The quantitative estimate of drug-likeness (QED) is 0.488. The second kappa shape index (κ2) is 8.17. The van der Waals surface area contributed by atoms with E-state index < -0.39 is 23.3 Å². The number of halogens is 2. The molecule has 0 saturated carbocycles. The van der Waals surface area contributed by atoms with Crippen LogP contribution in [0, 0.1) is 0 Å². The first-order valence-corrected chi connectivity index (χ1v) is 9.68. The summed E-state index contributed by atoms with van der Waals surface area (Å²) >= 11 is 11.9. The minimum absolute atomic E-state index is 0.0395. The topological polar surface area (TPSA) is 116 Å². The third-order valence-electron chi connectivity index (χ3n) is 4.43. The van der Waals surface area contributed by atoms with Crippen LogP contribution in [0.4, 0.5) is 23.1 Å². The van der Waals surface area contributed by atoms with Crippen molar-refractivity contribution in [1.29, 1.82) is 0 Å². The van der Waals surface area contributed by atoms with Crippen LogP contribution in [0.3, 0.4) is 0 Å². The zero-order valence-electron chi connectivity index (χ0n) is 15.3. The van der Waals surface area contributed by atoms with Gasteiger partial charge in [-0.3, -0.25) is 19.4 Å². The molecule has 1 aliphatic heterocycles. The first-order chi connectivity index (χ1) is 14.4. The number of carbonyl (C=O) groups excluding carboxylic acids is 2. The van der Waals surface area contributed by atoms with Gasteiger partial charge in [-0.1, -0.05) is 41.4 Å². The molecule has 1 unspecified atom stereocenters. The number of nitrogens with zero attached hydrogens (tertiary/aromatic N) is 1. The summed E-state index contributed by atoms with van der Waals surface area (Å²) in [4.78, 5) is 44.7. The van der Waals surface area contributed by atoms with Gasteiger partial charge in [-0.15, -0.1) is 0 Å². The standard InChI is InChI=1S/C20H15Cl2N5O3/c21-10-6-11(22)8-13(7-10)23-18(29)14-9-15(28)25-17-16(14)19(30)27-20(26-17)24-12-4-2-1-3-5-12/h1-8,14H,9H2,(H,23,29)(H3,24,25,26,27,28,30). The van der Waals surface area contributed by atoms with Gasteiger partial charge in [0.1, 0.15) is 5.82 Å². The average molecular weight is 444 g/mol. The zero-order chi connectivity index (χ0) is 21.3. The maximum absolute atomic E-state index is 12.9. The Bertz CT molecular complexity index is 1180. The zero-order valence-corrected chi connectivity index (χ0v) is 16.8. The number of rotatable bonds is 4. The maximum atomic E-state index is 12.9. The van der Waals surface area contributed by atoms with E-state index in [9.17, 15) is 14.4 Å². The molecule has 4 rings (SSSR count). The van der Waals surface area contributed by atoms with E-state index in [0.29, 0.717) is 21.4 Å². The average Bonchev–Trinajstić information content (AvgIpc) is 2.67. The molecule has 152 valence electrons. The lowest BCUT2D eigenvalue weighted by Crippen LogP contribution is -2.36. The van der Waals surface area contributed by atoms with Crippen LogP contribution in [-0.4, -0.2) is 21.8 Å². The molecule has 0 bridgehead atoms. The minimum atomic E-state index is -1.02. The van der Waals surface area contributed by atoms with Crippen LogP contribution in [0.1, 0.15) is 17.9 Å². The number of benzene rings is 2. The third-order valence-corrected chi connectivity index (χ3v) is 4.87. The number of H-pyrrole nitrogens is 1. The summed E-state index contributed by atoms with van der Waals surface area (Å²) in [5, 5.41) is 8.86. The second-order valence-corrected chi connectivity index (χ2v) is 7.49. The Balaban J connectivity index is 1.65. The predicted molar refractivity (Wildman–Crippen MR) is 116 cm³/mol. The van der Waals surface area contributed by atoms with Crippen molar-refractivity contribution in [2.75, 3.05) is 16.0 Å². The molecule has 1 aromatic heterocycles. The molecule has 0 spiro atoms. The first-order valence-electron chi connectivity index (χ1n) is 8.92. The fourth-order valence-electron chi connectivity index (χ4n) is 3.17. The van der Waals surface area contributed by atoms with Crippen LogP contribution in [0.15, 0.2) is 53.3 Å². The number of hydrogen-bond donors (Lipinski definition) is 4. The highest BCUT2D eigenvalue weighted by atomic mass is 35.5. The normalized spacial score (nSPS) is 15.1. The van der Waals surface area contributed by atoms with Crippen LogP contribution in [-0.2, 0) is 9.59 Å². The van der Waals surface area contributed by atoms with Crippen molar-refractivity contribution in [2.24, 2.45) is 0 Å². The molecule has 0 radical (unpaired) electrons. The van der Waals surface area contributed by atoms with Gasteiger partial charge in [0.05, 0.1) is 11.5 Å². The molecule has 4 N–H and O–H groups in total. The van der Waals surface area contributed by atoms with E-state index in [4.69, 9.17) is 23.2 Å². The highest BCUT2D eigenvalue weighted by Crippen LogP contribution is 2.31. The van der Waals surface area contributed by atoms with Gasteiger partial charge in [0, 0.05) is 27.8 Å². The Morgan fingerprint density at radius 2 is 1.73 bits per heavy atom. The van der Waals surface area contributed by atoms with Gasteiger partial charge in [0.2, 0.25) is 17.8 Å². The van der Waals surface area contributed by atoms with Gasteiger partial charge in [0.25, 0.3) is 5.56 Å². The monoisotopic (exact) mass is 443 g/mol. The van der Waals surface area contributed by atoms with Crippen molar-refractivity contribution < 1.29 is 9.59 Å². The lowest BCUT2D eigenvalue weighted by molar-refractivity contribution is -0.123. The Hall–Kier alpha value is -3.36.